The van der Waals surface area contributed by atoms with Crippen LogP contribution in [0.1, 0.15) is 19.0 Å². The Kier molecular flexibility index (Phi) is 4.22. The summed E-state index contributed by atoms with van der Waals surface area (Å²) in [5.41, 5.74) is 0.919. The number of aromatic nitrogens is 4. The number of hydrogen-bond donors (Lipinski definition) is 1. The third-order valence-electron chi connectivity index (χ3n) is 2.19. The van der Waals surface area contributed by atoms with Crippen LogP contribution in [0.2, 0.25) is 0 Å². The van der Waals surface area contributed by atoms with Crippen molar-refractivity contribution >= 4 is 15.9 Å². The van der Waals surface area contributed by atoms with Crippen LogP contribution in [0.25, 0.3) is 5.82 Å². The highest BCUT2D eigenvalue weighted by molar-refractivity contribution is 9.10. The van der Waals surface area contributed by atoms with Gasteiger partial charge in [-0.2, -0.15) is 5.10 Å². The number of halogens is 1. The van der Waals surface area contributed by atoms with E-state index in [0.717, 1.165) is 35.5 Å². The van der Waals surface area contributed by atoms with Crippen LogP contribution in [0.3, 0.4) is 0 Å². The first-order chi connectivity index (χ1) is 8.29. The summed E-state index contributed by atoms with van der Waals surface area (Å²) >= 11 is 3.36. The second kappa shape index (κ2) is 5.88. The fraction of sp³-hybridized carbons (Fsp3) is 0.364. The van der Waals surface area contributed by atoms with E-state index in [-0.39, 0.29) is 0 Å². The van der Waals surface area contributed by atoms with Gasteiger partial charge < -0.3 is 5.32 Å². The summed E-state index contributed by atoms with van der Waals surface area (Å²) in [4.78, 5) is 8.65. The maximum Gasteiger partial charge on any atom is 0.172 e. The molecule has 0 bridgehead atoms. The number of nitrogens with one attached hydrogen (secondary N) is 1. The molecule has 90 valence electrons. The van der Waals surface area contributed by atoms with E-state index in [9.17, 15) is 0 Å². The monoisotopic (exact) mass is 295 g/mol. The molecule has 0 aliphatic heterocycles. The molecule has 0 aromatic carbocycles. The van der Waals surface area contributed by atoms with Gasteiger partial charge in [0.2, 0.25) is 0 Å². The Morgan fingerprint density at radius 1 is 1.35 bits per heavy atom. The largest absolute Gasteiger partial charge is 0.311 e. The lowest BCUT2D eigenvalue weighted by atomic mass is 10.4. The van der Waals surface area contributed by atoms with E-state index in [1.165, 1.54) is 0 Å². The minimum Gasteiger partial charge on any atom is -0.311 e. The molecule has 2 aromatic rings. The Labute approximate surface area is 108 Å². The first kappa shape index (κ1) is 12.2. The van der Waals surface area contributed by atoms with Crippen LogP contribution in [-0.2, 0) is 6.54 Å². The Bertz CT molecular complexity index is 482. The van der Waals surface area contributed by atoms with E-state index in [0.29, 0.717) is 0 Å². The minimum absolute atomic E-state index is 0.728. The molecule has 2 heterocycles. The summed E-state index contributed by atoms with van der Waals surface area (Å²) in [5.74, 6) is 0.728. The predicted octanol–water partition coefficient (Wildman–Crippen LogP) is 1.92. The van der Waals surface area contributed by atoms with Gasteiger partial charge in [-0.1, -0.05) is 6.92 Å². The lowest BCUT2D eigenvalue weighted by molar-refractivity contribution is 0.658. The summed E-state index contributed by atoms with van der Waals surface area (Å²) in [7, 11) is 0. The van der Waals surface area contributed by atoms with Crippen molar-refractivity contribution in [2.24, 2.45) is 0 Å². The second-order valence-corrected chi connectivity index (χ2v) is 4.56. The van der Waals surface area contributed by atoms with E-state index in [1.54, 1.807) is 23.3 Å². The van der Waals surface area contributed by atoms with Crippen LogP contribution in [0.4, 0.5) is 0 Å². The highest BCUT2D eigenvalue weighted by atomic mass is 79.9. The smallest absolute Gasteiger partial charge is 0.172 e. The Morgan fingerprint density at radius 2 is 2.24 bits per heavy atom. The molecule has 0 fully saturated rings. The van der Waals surface area contributed by atoms with Crippen LogP contribution >= 0.6 is 15.9 Å². The third kappa shape index (κ3) is 3.34. The number of rotatable bonds is 5. The molecule has 0 spiro atoms. The Hall–Kier alpha value is -1.27. The normalized spacial score (nSPS) is 10.7. The van der Waals surface area contributed by atoms with Crippen molar-refractivity contribution in [1.29, 1.82) is 0 Å². The van der Waals surface area contributed by atoms with Crippen molar-refractivity contribution in [3.05, 3.63) is 35.0 Å². The number of nitrogens with zero attached hydrogens (tertiary/aromatic N) is 4. The Balaban J connectivity index is 2.11. The van der Waals surface area contributed by atoms with Crippen molar-refractivity contribution in [2.75, 3.05) is 6.54 Å². The molecule has 0 amide bonds. The molecule has 5 nitrogen and oxygen atoms in total. The molecular weight excluding hydrogens is 282 g/mol. The molecule has 2 aromatic heterocycles. The predicted molar refractivity (Wildman–Crippen MR) is 68.9 cm³/mol. The standard InChI is InChI=1S/C11H14BrN5/c1-2-3-13-5-10-6-14-7-11(16-10)17-8-9(12)4-15-17/h4,6-8,13H,2-3,5H2,1H3. The first-order valence-corrected chi connectivity index (χ1v) is 6.31. The van der Waals surface area contributed by atoms with E-state index in [2.05, 4.69) is 43.2 Å². The quantitative estimate of drug-likeness (QED) is 0.857. The maximum atomic E-state index is 4.48. The summed E-state index contributed by atoms with van der Waals surface area (Å²) in [6.07, 6.45) is 8.16. The van der Waals surface area contributed by atoms with Gasteiger partial charge in [0.25, 0.3) is 0 Å². The van der Waals surface area contributed by atoms with Gasteiger partial charge >= 0.3 is 0 Å². The molecule has 0 aliphatic rings. The molecule has 0 unspecified atom stereocenters. The minimum atomic E-state index is 0.728. The molecule has 0 saturated heterocycles. The van der Waals surface area contributed by atoms with Gasteiger partial charge in [-0.3, -0.25) is 4.98 Å². The average molecular weight is 296 g/mol. The van der Waals surface area contributed by atoms with E-state index >= 15 is 0 Å². The van der Waals surface area contributed by atoms with Crippen LogP contribution in [0.15, 0.2) is 29.3 Å². The highest BCUT2D eigenvalue weighted by Gasteiger charge is 2.02. The zero-order chi connectivity index (χ0) is 12.1. The molecular formula is C11H14BrN5. The van der Waals surface area contributed by atoms with Crippen LogP contribution < -0.4 is 5.32 Å². The van der Waals surface area contributed by atoms with Crippen molar-refractivity contribution in [2.45, 2.75) is 19.9 Å². The SMILES string of the molecule is CCCNCc1cncc(-n2cc(Br)cn2)n1. The molecule has 0 atom stereocenters. The third-order valence-corrected chi connectivity index (χ3v) is 2.60. The molecule has 2 rings (SSSR count). The maximum absolute atomic E-state index is 4.48. The summed E-state index contributed by atoms with van der Waals surface area (Å²) in [5, 5.41) is 7.46. The van der Waals surface area contributed by atoms with E-state index in [1.807, 2.05) is 6.20 Å². The summed E-state index contributed by atoms with van der Waals surface area (Å²) in [6.45, 7) is 3.85. The highest BCUT2D eigenvalue weighted by Crippen LogP contribution is 2.10. The van der Waals surface area contributed by atoms with Gasteiger partial charge in [-0.05, 0) is 28.9 Å². The van der Waals surface area contributed by atoms with E-state index in [4.69, 9.17) is 0 Å². The number of hydrogen-bond acceptors (Lipinski definition) is 4. The van der Waals surface area contributed by atoms with Crippen LogP contribution in [0.5, 0.6) is 0 Å². The lowest BCUT2D eigenvalue weighted by Gasteiger charge is -2.04. The van der Waals surface area contributed by atoms with Gasteiger partial charge in [-0.15, -0.1) is 0 Å². The lowest BCUT2D eigenvalue weighted by Crippen LogP contribution is -2.15. The first-order valence-electron chi connectivity index (χ1n) is 5.52. The Morgan fingerprint density at radius 3 is 2.94 bits per heavy atom. The van der Waals surface area contributed by atoms with Crippen molar-refractivity contribution in [1.82, 2.24) is 25.1 Å². The van der Waals surface area contributed by atoms with Crippen LogP contribution in [0, 0.1) is 0 Å². The van der Waals surface area contributed by atoms with Gasteiger partial charge in [0.05, 0.1) is 22.6 Å². The summed E-state index contributed by atoms with van der Waals surface area (Å²) in [6, 6.07) is 0. The molecule has 0 saturated carbocycles. The van der Waals surface area contributed by atoms with Gasteiger partial charge in [0.15, 0.2) is 5.82 Å². The average Bonchev–Trinajstić information content (AvgIpc) is 2.77. The van der Waals surface area contributed by atoms with E-state index < -0.39 is 0 Å². The molecule has 0 radical (unpaired) electrons. The second-order valence-electron chi connectivity index (χ2n) is 3.65. The molecule has 6 heteroatoms. The fourth-order valence-electron chi connectivity index (χ4n) is 1.41. The van der Waals surface area contributed by atoms with Crippen molar-refractivity contribution in [3.63, 3.8) is 0 Å². The van der Waals surface area contributed by atoms with Crippen molar-refractivity contribution < 1.29 is 0 Å². The zero-order valence-electron chi connectivity index (χ0n) is 9.60. The van der Waals surface area contributed by atoms with Gasteiger partial charge in [0, 0.05) is 18.9 Å². The zero-order valence-corrected chi connectivity index (χ0v) is 11.2. The van der Waals surface area contributed by atoms with Crippen molar-refractivity contribution in [3.8, 4) is 5.82 Å². The molecule has 17 heavy (non-hydrogen) atoms. The summed E-state index contributed by atoms with van der Waals surface area (Å²) < 4.78 is 2.62. The van der Waals surface area contributed by atoms with Gasteiger partial charge in [0.1, 0.15) is 0 Å². The van der Waals surface area contributed by atoms with Gasteiger partial charge in [-0.25, -0.2) is 9.67 Å². The van der Waals surface area contributed by atoms with Crippen LogP contribution in [-0.4, -0.2) is 26.3 Å². The molecule has 1 N–H and O–H groups in total. The topological polar surface area (TPSA) is 55.6 Å². The molecule has 0 aliphatic carbocycles. The fourth-order valence-corrected chi connectivity index (χ4v) is 1.70.